The fourth-order valence-electron chi connectivity index (χ4n) is 2.29. The normalized spacial score (nSPS) is 11.1. The number of nitrogens with two attached hydrogens (primary N) is 1. The van der Waals surface area contributed by atoms with Crippen LogP contribution >= 0.6 is 0 Å². The van der Waals surface area contributed by atoms with Gasteiger partial charge in [0.1, 0.15) is 11.6 Å². The van der Waals surface area contributed by atoms with Gasteiger partial charge in [-0.2, -0.15) is 0 Å². The van der Waals surface area contributed by atoms with Crippen molar-refractivity contribution in [2.75, 3.05) is 34.2 Å². The molecule has 0 bridgehead atoms. The van der Waals surface area contributed by atoms with Gasteiger partial charge in [-0.15, -0.1) is 0 Å². The number of rotatable bonds is 6. The molecule has 0 saturated heterocycles. The van der Waals surface area contributed by atoms with E-state index in [9.17, 15) is 4.39 Å². The highest BCUT2D eigenvalue weighted by Crippen LogP contribution is 2.40. The van der Waals surface area contributed by atoms with Gasteiger partial charge in [0.15, 0.2) is 11.5 Å². The van der Waals surface area contributed by atoms with Crippen molar-refractivity contribution in [3.8, 4) is 23.0 Å². The van der Waals surface area contributed by atoms with Gasteiger partial charge in [0.25, 0.3) is 0 Å². The second-order valence-electron chi connectivity index (χ2n) is 4.91. The van der Waals surface area contributed by atoms with Gasteiger partial charge >= 0.3 is 0 Å². The summed E-state index contributed by atoms with van der Waals surface area (Å²) in [5, 5.41) is 0. The van der Waals surface area contributed by atoms with Crippen molar-refractivity contribution in [3.05, 3.63) is 41.5 Å². The molecule has 0 heterocycles. The van der Waals surface area contributed by atoms with Crippen molar-refractivity contribution in [1.82, 2.24) is 0 Å². The summed E-state index contributed by atoms with van der Waals surface area (Å²) in [4.78, 5) is 0. The van der Waals surface area contributed by atoms with Gasteiger partial charge in [0.05, 0.1) is 34.1 Å². The molecular formula is C18H20FNO4. The highest BCUT2D eigenvalue weighted by atomic mass is 19.1. The molecule has 24 heavy (non-hydrogen) atoms. The van der Waals surface area contributed by atoms with Gasteiger partial charge in [0.2, 0.25) is 5.75 Å². The van der Waals surface area contributed by atoms with E-state index in [1.54, 1.807) is 30.3 Å². The van der Waals surface area contributed by atoms with Crippen LogP contribution < -0.4 is 24.7 Å². The molecule has 2 N–H and O–H groups in total. The highest BCUT2D eigenvalue weighted by Gasteiger charge is 2.15. The Bertz CT molecular complexity index is 734. The smallest absolute Gasteiger partial charge is 0.203 e. The number of methoxy groups -OCH3 is 4. The maximum atomic E-state index is 14.6. The maximum absolute atomic E-state index is 14.6. The predicted octanol–water partition coefficient (Wildman–Crippen LogP) is 3.77. The summed E-state index contributed by atoms with van der Waals surface area (Å²) in [6.45, 7) is 0. The van der Waals surface area contributed by atoms with Crippen LogP contribution in [0.25, 0.3) is 11.9 Å². The summed E-state index contributed by atoms with van der Waals surface area (Å²) in [7, 11) is 5.98. The molecule has 5 nitrogen and oxygen atoms in total. The average Bonchev–Trinajstić information content (AvgIpc) is 2.60. The molecule has 0 radical (unpaired) electrons. The van der Waals surface area contributed by atoms with E-state index in [-0.39, 0.29) is 0 Å². The van der Waals surface area contributed by atoms with Gasteiger partial charge in [0, 0.05) is 5.56 Å². The van der Waals surface area contributed by atoms with Crippen molar-refractivity contribution >= 4 is 17.6 Å². The van der Waals surface area contributed by atoms with Crippen LogP contribution in [0, 0.1) is 0 Å². The maximum Gasteiger partial charge on any atom is 0.203 e. The van der Waals surface area contributed by atoms with E-state index in [2.05, 4.69) is 0 Å². The van der Waals surface area contributed by atoms with Crippen LogP contribution in [0.5, 0.6) is 23.0 Å². The zero-order chi connectivity index (χ0) is 17.7. The molecular weight excluding hydrogens is 313 g/mol. The molecule has 2 aromatic rings. The first-order valence-corrected chi connectivity index (χ1v) is 7.15. The number of nitrogen functional groups attached to an aromatic ring is 1. The second kappa shape index (κ2) is 7.59. The van der Waals surface area contributed by atoms with E-state index in [4.69, 9.17) is 24.7 Å². The van der Waals surface area contributed by atoms with E-state index >= 15 is 0 Å². The Labute approximate surface area is 140 Å². The zero-order valence-corrected chi connectivity index (χ0v) is 14.1. The Morgan fingerprint density at radius 3 is 1.92 bits per heavy atom. The van der Waals surface area contributed by atoms with E-state index in [0.717, 1.165) is 0 Å². The van der Waals surface area contributed by atoms with E-state index in [1.165, 1.54) is 34.5 Å². The van der Waals surface area contributed by atoms with Crippen LogP contribution in [-0.2, 0) is 0 Å². The third-order valence-corrected chi connectivity index (χ3v) is 3.49. The largest absolute Gasteiger partial charge is 0.495 e. The van der Waals surface area contributed by atoms with Crippen LogP contribution in [0.2, 0.25) is 0 Å². The van der Waals surface area contributed by atoms with Gasteiger partial charge in [-0.05, 0) is 35.9 Å². The molecule has 0 amide bonds. The molecule has 0 aliphatic carbocycles. The number of ether oxygens (including phenoxy) is 4. The third-order valence-electron chi connectivity index (χ3n) is 3.49. The Balaban J connectivity index is 2.45. The molecule has 6 heteroatoms. The molecule has 2 aromatic carbocycles. The number of hydrogen-bond donors (Lipinski definition) is 1. The molecule has 2 rings (SSSR count). The highest BCUT2D eigenvalue weighted by molar-refractivity contribution is 5.80. The van der Waals surface area contributed by atoms with Gasteiger partial charge < -0.3 is 24.7 Å². The molecule has 0 unspecified atom stereocenters. The first-order valence-electron chi connectivity index (χ1n) is 7.15. The van der Waals surface area contributed by atoms with Gasteiger partial charge in [-0.3, -0.25) is 0 Å². The summed E-state index contributed by atoms with van der Waals surface area (Å²) in [5.41, 5.74) is 7.19. The Hall–Kier alpha value is -2.89. The lowest BCUT2D eigenvalue weighted by molar-refractivity contribution is 0.324. The second-order valence-corrected chi connectivity index (χ2v) is 4.91. The van der Waals surface area contributed by atoms with Crippen LogP contribution in [0.1, 0.15) is 11.1 Å². The monoisotopic (exact) mass is 333 g/mol. The Morgan fingerprint density at radius 1 is 0.875 bits per heavy atom. The standard InChI is InChI=1S/C18H20FNO4/c1-21-15-6-5-11(8-14(15)20)7-13(19)12-9-16(22-2)18(24-4)17(10-12)23-3/h5-10H,20H2,1-4H3/b13-7+. The molecule has 0 aliphatic heterocycles. The number of hydrogen-bond acceptors (Lipinski definition) is 5. The van der Waals surface area contributed by atoms with Crippen LogP contribution in [-0.4, -0.2) is 28.4 Å². The third kappa shape index (κ3) is 3.53. The first-order chi connectivity index (χ1) is 11.5. The van der Waals surface area contributed by atoms with Crippen molar-refractivity contribution in [1.29, 1.82) is 0 Å². The van der Waals surface area contributed by atoms with Crippen molar-refractivity contribution < 1.29 is 23.3 Å². The van der Waals surface area contributed by atoms with Crippen molar-refractivity contribution in [3.63, 3.8) is 0 Å². The fourth-order valence-corrected chi connectivity index (χ4v) is 2.29. The quantitative estimate of drug-likeness (QED) is 0.644. The summed E-state index contributed by atoms with van der Waals surface area (Å²) in [6.07, 6.45) is 1.37. The number of benzene rings is 2. The van der Waals surface area contributed by atoms with Crippen molar-refractivity contribution in [2.24, 2.45) is 0 Å². The molecule has 128 valence electrons. The molecule has 0 atom stereocenters. The minimum absolute atomic E-state index is 0.305. The molecule has 0 aliphatic rings. The van der Waals surface area contributed by atoms with E-state index < -0.39 is 5.83 Å². The number of halogens is 1. The molecule has 0 aromatic heterocycles. The lowest BCUT2D eigenvalue weighted by atomic mass is 10.1. The van der Waals surface area contributed by atoms with Crippen LogP contribution in [0.3, 0.4) is 0 Å². The topological polar surface area (TPSA) is 62.9 Å². The molecule has 0 saturated carbocycles. The Morgan fingerprint density at radius 2 is 1.46 bits per heavy atom. The lowest BCUT2D eigenvalue weighted by Gasteiger charge is -2.13. The lowest BCUT2D eigenvalue weighted by Crippen LogP contribution is -1.96. The fraction of sp³-hybridized carbons (Fsp3) is 0.222. The number of anilines is 1. The molecule has 0 spiro atoms. The summed E-state index contributed by atoms with van der Waals surface area (Å²) < 4.78 is 35.4. The summed E-state index contributed by atoms with van der Waals surface area (Å²) in [5.74, 6) is 1.25. The van der Waals surface area contributed by atoms with Gasteiger partial charge in [-0.1, -0.05) is 6.07 Å². The Kier molecular flexibility index (Phi) is 5.52. The van der Waals surface area contributed by atoms with Crippen LogP contribution in [0.15, 0.2) is 30.3 Å². The predicted molar refractivity (Wildman–Crippen MR) is 92.5 cm³/mol. The minimum atomic E-state index is -0.459. The van der Waals surface area contributed by atoms with Crippen LogP contribution in [0.4, 0.5) is 10.1 Å². The SMILES string of the molecule is COc1ccc(/C=C(/F)c2cc(OC)c(OC)c(OC)c2)cc1N. The van der Waals surface area contributed by atoms with Gasteiger partial charge in [-0.25, -0.2) is 4.39 Å². The minimum Gasteiger partial charge on any atom is -0.495 e. The molecule has 0 fully saturated rings. The van der Waals surface area contributed by atoms with E-state index in [1.807, 2.05) is 0 Å². The zero-order valence-electron chi connectivity index (χ0n) is 14.1. The first kappa shape index (κ1) is 17.5. The van der Waals surface area contributed by atoms with Crippen molar-refractivity contribution in [2.45, 2.75) is 0 Å². The van der Waals surface area contributed by atoms with E-state index in [0.29, 0.717) is 39.8 Å². The average molecular weight is 333 g/mol. The summed E-state index contributed by atoms with van der Waals surface area (Å²) in [6, 6.07) is 8.12. The summed E-state index contributed by atoms with van der Waals surface area (Å²) >= 11 is 0.